The fraction of sp³-hybridized carbons (Fsp3) is 0.290. The number of aryl methyl sites for hydroxylation is 1. The third-order valence-corrected chi connectivity index (χ3v) is 6.66. The van der Waals surface area contributed by atoms with Gasteiger partial charge in [0, 0.05) is 18.3 Å². The molecule has 1 aromatic heterocycles. The maximum Gasteiger partial charge on any atom is 0.333 e. The molecule has 0 spiro atoms. The van der Waals surface area contributed by atoms with Crippen LogP contribution in [0.15, 0.2) is 95.9 Å². The fourth-order valence-corrected chi connectivity index (χ4v) is 4.78. The highest BCUT2D eigenvalue weighted by atomic mass is 16.2. The quantitative estimate of drug-likeness (QED) is 0.329. The first-order chi connectivity index (χ1) is 17.9. The standard InChI is InChI=1S/C31H36N4O2/c1-23(2)29(33(20-10-19-32)30(36)26-17-15-24(3)16-18-26)28-22-34(27-13-8-5-9-14-27)31(37)35(28)21-25-11-6-4-7-12-25/h4-9,11-18,22-23,29H,10,19-21,32H2,1-3H3. The first-order valence-electron chi connectivity index (χ1n) is 12.9. The van der Waals surface area contributed by atoms with Gasteiger partial charge >= 0.3 is 5.69 Å². The van der Waals surface area contributed by atoms with Crippen LogP contribution in [0, 0.1) is 12.8 Å². The molecule has 4 rings (SSSR count). The third-order valence-electron chi connectivity index (χ3n) is 6.66. The first kappa shape index (κ1) is 26.2. The van der Waals surface area contributed by atoms with Crippen molar-refractivity contribution in [2.45, 2.75) is 39.8 Å². The lowest BCUT2D eigenvalue weighted by molar-refractivity contribution is 0.0610. The van der Waals surface area contributed by atoms with Crippen molar-refractivity contribution in [1.29, 1.82) is 0 Å². The molecule has 1 atom stereocenters. The van der Waals surface area contributed by atoms with E-state index in [0.29, 0.717) is 31.6 Å². The summed E-state index contributed by atoms with van der Waals surface area (Å²) in [5.74, 6) is -0.00135. The molecular formula is C31H36N4O2. The average molecular weight is 497 g/mol. The van der Waals surface area contributed by atoms with Crippen molar-refractivity contribution in [2.75, 3.05) is 13.1 Å². The van der Waals surface area contributed by atoms with Crippen LogP contribution in [0.2, 0.25) is 0 Å². The highest BCUT2D eigenvalue weighted by Gasteiger charge is 2.32. The lowest BCUT2D eigenvalue weighted by Gasteiger charge is -2.35. The molecule has 1 heterocycles. The van der Waals surface area contributed by atoms with Crippen LogP contribution in [0.1, 0.15) is 53.5 Å². The topological polar surface area (TPSA) is 73.3 Å². The minimum atomic E-state index is -0.318. The molecule has 1 unspecified atom stereocenters. The van der Waals surface area contributed by atoms with Gasteiger partial charge in [0.25, 0.3) is 5.91 Å². The Morgan fingerprint density at radius 1 is 0.919 bits per heavy atom. The van der Waals surface area contributed by atoms with E-state index in [1.54, 1.807) is 4.57 Å². The van der Waals surface area contributed by atoms with Gasteiger partial charge in [0.15, 0.2) is 0 Å². The number of aromatic nitrogens is 2. The second-order valence-corrected chi connectivity index (χ2v) is 9.81. The van der Waals surface area contributed by atoms with Crippen LogP contribution in [0.3, 0.4) is 0 Å². The molecule has 0 aliphatic rings. The van der Waals surface area contributed by atoms with Gasteiger partial charge in [-0.3, -0.25) is 13.9 Å². The van der Waals surface area contributed by atoms with Gasteiger partial charge in [0.05, 0.1) is 24.0 Å². The van der Waals surface area contributed by atoms with E-state index in [9.17, 15) is 9.59 Å². The molecule has 0 bridgehead atoms. The summed E-state index contributed by atoms with van der Waals surface area (Å²) in [6, 6.07) is 26.9. The zero-order valence-corrected chi connectivity index (χ0v) is 21.9. The van der Waals surface area contributed by atoms with Gasteiger partial charge in [0.1, 0.15) is 0 Å². The molecule has 0 radical (unpaired) electrons. The second kappa shape index (κ2) is 11.9. The van der Waals surface area contributed by atoms with Gasteiger partial charge in [-0.15, -0.1) is 0 Å². The maximum absolute atomic E-state index is 13.9. The summed E-state index contributed by atoms with van der Waals surface area (Å²) in [5.41, 5.74) is 10.1. The molecule has 6 heteroatoms. The van der Waals surface area contributed by atoms with Crippen LogP contribution < -0.4 is 11.4 Å². The zero-order chi connectivity index (χ0) is 26.4. The number of benzene rings is 3. The zero-order valence-electron chi connectivity index (χ0n) is 21.9. The Balaban J connectivity index is 1.87. The number of carbonyl (C=O) groups is 1. The number of rotatable bonds is 10. The number of para-hydroxylation sites is 1. The van der Waals surface area contributed by atoms with Gasteiger partial charge in [-0.2, -0.15) is 0 Å². The molecule has 37 heavy (non-hydrogen) atoms. The highest BCUT2D eigenvalue weighted by Crippen LogP contribution is 2.31. The monoisotopic (exact) mass is 496 g/mol. The van der Waals surface area contributed by atoms with Crippen molar-refractivity contribution in [3.63, 3.8) is 0 Å². The van der Waals surface area contributed by atoms with Crippen molar-refractivity contribution < 1.29 is 4.79 Å². The lowest BCUT2D eigenvalue weighted by Crippen LogP contribution is -2.40. The summed E-state index contributed by atoms with van der Waals surface area (Å²) in [6.07, 6.45) is 2.58. The normalized spacial score (nSPS) is 12.0. The van der Waals surface area contributed by atoms with E-state index in [1.807, 2.05) is 108 Å². The van der Waals surface area contributed by atoms with Gasteiger partial charge in [-0.1, -0.05) is 80.1 Å². The second-order valence-electron chi connectivity index (χ2n) is 9.81. The number of nitrogens with two attached hydrogens (primary N) is 1. The van der Waals surface area contributed by atoms with Crippen molar-refractivity contribution >= 4 is 5.91 Å². The van der Waals surface area contributed by atoms with E-state index in [2.05, 4.69) is 13.8 Å². The van der Waals surface area contributed by atoms with Crippen molar-refractivity contribution in [3.05, 3.63) is 124 Å². The summed E-state index contributed by atoms with van der Waals surface area (Å²) in [5, 5.41) is 0. The fourth-order valence-electron chi connectivity index (χ4n) is 4.78. The largest absolute Gasteiger partial charge is 0.333 e. The van der Waals surface area contributed by atoms with Crippen LogP contribution >= 0.6 is 0 Å². The molecule has 0 aliphatic carbocycles. The molecule has 0 aliphatic heterocycles. The van der Waals surface area contributed by atoms with Gasteiger partial charge < -0.3 is 10.6 Å². The predicted molar refractivity (Wildman–Crippen MR) is 149 cm³/mol. The van der Waals surface area contributed by atoms with Gasteiger partial charge in [-0.05, 0) is 55.6 Å². The Bertz CT molecular complexity index is 1360. The van der Waals surface area contributed by atoms with Crippen LogP contribution in [0.5, 0.6) is 0 Å². The summed E-state index contributed by atoms with van der Waals surface area (Å²) >= 11 is 0. The number of imidazole rings is 1. The van der Waals surface area contributed by atoms with Gasteiger partial charge in [0.2, 0.25) is 0 Å². The van der Waals surface area contributed by atoms with Gasteiger partial charge in [-0.25, -0.2) is 4.79 Å². The van der Waals surface area contributed by atoms with Crippen LogP contribution in [0.25, 0.3) is 5.69 Å². The van der Waals surface area contributed by atoms with Crippen LogP contribution in [-0.2, 0) is 6.54 Å². The molecular weight excluding hydrogens is 460 g/mol. The summed E-state index contributed by atoms with van der Waals surface area (Å²) < 4.78 is 3.50. The first-order valence-corrected chi connectivity index (χ1v) is 12.9. The van der Waals surface area contributed by atoms with E-state index in [0.717, 1.165) is 22.5 Å². The minimum Gasteiger partial charge on any atom is -0.330 e. The third kappa shape index (κ3) is 5.92. The highest BCUT2D eigenvalue weighted by molar-refractivity contribution is 5.94. The number of amides is 1. The molecule has 1 amide bonds. The lowest BCUT2D eigenvalue weighted by atomic mass is 9.97. The Labute approximate surface area is 219 Å². The summed E-state index contributed by atoms with van der Waals surface area (Å²) in [6.45, 7) is 7.60. The predicted octanol–water partition coefficient (Wildman–Crippen LogP) is 5.18. The molecule has 192 valence electrons. The summed E-state index contributed by atoms with van der Waals surface area (Å²) in [7, 11) is 0. The number of hydrogen-bond donors (Lipinski definition) is 1. The average Bonchev–Trinajstić information content (AvgIpc) is 3.22. The van der Waals surface area contributed by atoms with E-state index < -0.39 is 0 Å². The van der Waals surface area contributed by atoms with Crippen molar-refractivity contribution in [2.24, 2.45) is 11.7 Å². The molecule has 4 aromatic rings. The SMILES string of the molecule is Cc1ccc(C(=O)N(CCCN)C(c2cn(-c3ccccc3)c(=O)n2Cc2ccccc2)C(C)C)cc1. The van der Waals surface area contributed by atoms with E-state index >= 15 is 0 Å². The van der Waals surface area contributed by atoms with Crippen LogP contribution in [0.4, 0.5) is 0 Å². The number of nitrogens with zero attached hydrogens (tertiary/aromatic N) is 3. The Morgan fingerprint density at radius 2 is 1.54 bits per heavy atom. The molecule has 0 fully saturated rings. The van der Waals surface area contributed by atoms with E-state index in [1.165, 1.54) is 0 Å². The molecule has 3 aromatic carbocycles. The smallest absolute Gasteiger partial charge is 0.330 e. The number of carbonyl (C=O) groups excluding carboxylic acids is 1. The van der Waals surface area contributed by atoms with Crippen molar-refractivity contribution in [1.82, 2.24) is 14.0 Å². The van der Waals surface area contributed by atoms with Crippen molar-refractivity contribution in [3.8, 4) is 5.69 Å². The molecule has 6 nitrogen and oxygen atoms in total. The maximum atomic E-state index is 13.9. The molecule has 2 N–H and O–H groups in total. The minimum absolute atomic E-state index is 0.0558. The molecule has 0 saturated heterocycles. The molecule has 0 saturated carbocycles. The van der Waals surface area contributed by atoms with Crippen LogP contribution in [-0.4, -0.2) is 33.0 Å². The van der Waals surface area contributed by atoms with E-state index in [4.69, 9.17) is 5.73 Å². The summed E-state index contributed by atoms with van der Waals surface area (Å²) in [4.78, 5) is 29.6. The number of hydrogen-bond acceptors (Lipinski definition) is 3. The Morgan fingerprint density at radius 3 is 2.14 bits per heavy atom. The Hall–Kier alpha value is -3.90. The van der Waals surface area contributed by atoms with E-state index in [-0.39, 0.29) is 23.6 Å². The Kier molecular flexibility index (Phi) is 8.41.